The zero-order valence-electron chi connectivity index (χ0n) is 13.8. The third kappa shape index (κ3) is 4.73. The largest absolute Gasteiger partial charge is 0.381 e. The van der Waals surface area contributed by atoms with E-state index in [1.165, 1.54) is 51.4 Å². The number of rotatable bonds is 5. The lowest BCUT2D eigenvalue weighted by Gasteiger charge is -2.28. The fourth-order valence-corrected chi connectivity index (χ4v) is 3.85. The van der Waals surface area contributed by atoms with Crippen LogP contribution in [0.4, 0.5) is 0 Å². The summed E-state index contributed by atoms with van der Waals surface area (Å²) in [6.45, 7) is 8.33. The molecule has 3 rings (SSSR count). The van der Waals surface area contributed by atoms with Crippen molar-refractivity contribution >= 4 is 0 Å². The minimum atomic E-state index is 0.604. The molecule has 2 saturated carbocycles. The third-order valence-corrected chi connectivity index (χ3v) is 5.36. The Morgan fingerprint density at radius 2 is 1.40 bits per heavy atom. The number of hydrogen-bond acceptors (Lipinski definition) is 2. The molecule has 1 aliphatic heterocycles. The molecule has 3 unspecified atom stereocenters. The second kappa shape index (κ2) is 8.38. The maximum atomic E-state index is 5.99. The molecule has 0 aromatic rings. The van der Waals surface area contributed by atoms with Crippen LogP contribution in [0, 0.1) is 17.8 Å². The molecule has 3 atom stereocenters. The summed E-state index contributed by atoms with van der Waals surface area (Å²) < 4.78 is 11.6. The Bertz CT molecular complexity index is 258. The van der Waals surface area contributed by atoms with E-state index in [-0.39, 0.29) is 0 Å². The van der Waals surface area contributed by atoms with Gasteiger partial charge in [0.25, 0.3) is 0 Å². The van der Waals surface area contributed by atoms with Crippen molar-refractivity contribution in [2.75, 3.05) is 13.2 Å². The minimum absolute atomic E-state index is 0.604. The first-order valence-electron chi connectivity index (χ1n) is 9.08. The van der Waals surface area contributed by atoms with Gasteiger partial charge < -0.3 is 9.47 Å². The zero-order chi connectivity index (χ0) is 14.4. The molecule has 2 aliphatic carbocycles. The predicted octanol–water partition coefficient (Wildman–Crippen LogP) is 4.81. The van der Waals surface area contributed by atoms with Crippen molar-refractivity contribution in [1.82, 2.24) is 0 Å². The van der Waals surface area contributed by atoms with Crippen LogP contribution < -0.4 is 0 Å². The SMILES string of the molecule is CC.CCC1CCC(COCC2CCC3OC3C2)CC1. The molecule has 0 N–H and O–H groups in total. The highest BCUT2D eigenvalue weighted by Crippen LogP contribution is 2.39. The Hall–Kier alpha value is -0.0800. The van der Waals surface area contributed by atoms with Crippen molar-refractivity contribution in [2.45, 2.75) is 84.3 Å². The van der Waals surface area contributed by atoms with Crippen LogP contribution >= 0.6 is 0 Å². The Balaban J connectivity index is 0.000000704. The molecule has 2 heteroatoms. The van der Waals surface area contributed by atoms with Gasteiger partial charge >= 0.3 is 0 Å². The lowest BCUT2D eigenvalue weighted by Crippen LogP contribution is -2.22. The van der Waals surface area contributed by atoms with E-state index in [9.17, 15) is 0 Å². The molecule has 0 radical (unpaired) electrons. The normalized spacial score (nSPS) is 39.5. The third-order valence-electron chi connectivity index (χ3n) is 5.36. The molecule has 118 valence electrons. The first kappa shape index (κ1) is 16.3. The van der Waals surface area contributed by atoms with E-state index in [2.05, 4.69) is 6.92 Å². The fourth-order valence-electron chi connectivity index (χ4n) is 3.85. The molecule has 3 aliphatic rings. The Morgan fingerprint density at radius 3 is 2.05 bits per heavy atom. The molecule has 0 aromatic carbocycles. The summed E-state index contributed by atoms with van der Waals surface area (Å²) >= 11 is 0. The van der Waals surface area contributed by atoms with Crippen molar-refractivity contribution in [1.29, 1.82) is 0 Å². The van der Waals surface area contributed by atoms with Gasteiger partial charge in [0.1, 0.15) is 0 Å². The van der Waals surface area contributed by atoms with Crippen LogP contribution in [0.15, 0.2) is 0 Å². The second-order valence-electron chi connectivity index (χ2n) is 6.72. The highest BCUT2D eigenvalue weighted by molar-refractivity contribution is 4.91. The molecule has 0 aromatic heterocycles. The summed E-state index contributed by atoms with van der Waals surface area (Å²) in [7, 11) is 0. The van der Waals surface area contributed by atoms with E-state index >= 15 is 0 Å². The smallest absolute Gasteiger partial charge is 0.0845 e. The van der Waals surface area contributed by atoms with Crippen LogP contribution in [0.1, 0.15) is 72.1 Å². The lowest BCUT2D eigenvalue weighted by molar-refractivity contribution is 0.0476. The van der Waals surface area contributed by atoms with E-state index in [0.29, 0.717) is 12.2 Å². The summed E-state index contributed by atoms with van der Waals surface area (Å²) in [5.41, 5.74) is 0. The molecule has 20 heavy (non-hydrogen) atoms. The van der Waals surface area contributed by atoms with Crippen molar-refractivity contribution in [3.8, 4) is 0 Å². The first-order chi connectivity index (χ1) is 9.85. The van der Waals surface area contributed by atoms with Gasteiger partial charge in [0.15, 0.2) is 0 Å². The van der Waals surface area contributed by atoms with Gasteiger partial charge in [-0.2, -0.15) is 0 Å². The molecule has 0 amide bonds. The minimum Gasteiger partial charge on any atom is -0.381 e. The van der Waals surface area contributed by atoms with Crippen LogP contribution in [-0.4, -0.2) is 25.4 Å². The number of ether oxygens (including phenoxy) is 2. The molecule has 2 nitrogen and oxygen atoms in total. The maximum Gasteiger partial charge on any atom is 0.0845 e. The molecular formula is C18H34O2. The van der Waals surface area contributed by atoms with Crippen LogP contribution in [0.25, 0.3) is 0 Å². The van der Waals surface area contributed by atoms with Gasteiger partial charge in [-0.05, 0) is 49.9 Å². The standard InChI is InChI=1S/C16H28O2.C2H6/c1-2-12-3-5-13(6-4-12)10-17-11-14-7-8-15-16(9-14)18-15;1-2/h12-16H,2-11H2,1H3;1-2H3. The average Bonchev–Trinajstić information content (AvgIpc) is 3.29. The molecular weight excluding hydrogens is 248 g/mol. The highest BCUT2D eigenvalue weighted by Gasteiger charge is 2.43. The van der Waals surface area contributed by atoms with Gasteiger partial charge in [-0.15, -0.1) is 0 Å². The summed E-state index contributed by atoms with van der Waals surface area (Å²) in [4.78, 5) is 0. The lowest BCUT2D eigenvalue weighted by atomic mass is 9.81. The van der Waals surface area contributed by atoms with Gasteiger partial charge in [-0.25, -0.2) is 0 Å². The van der Waals surface area contributed by atoms with Crippen molar-refractivity contribution in [3.63, 3.8) is 0 Å². The van der Waals surface area contributed by atoms with Gasteiger partial charge in [0, 0.05) is 13.2 Å². The highest BCUT2D eigenvalue weighted by atomic mass is 16.6. The molecule has 1 saturated heterocycles. The number of epoxide rings is 1. The maximum absolute atomic E-state index is 5.99. The molecule has 3 fully saturated rings. The van der Waals surface area contributed by atoms with Crippen molar-refractivity contribution < 1.29 is 9.47 Å². The van der Waals surface area contributed by atoms with Crippen LogP contribution in [0.5, 0.6) is 0 Å². The Kier molecular flexibility index (Phi) is 6.83. The Labute approximate surface area is 125 Å². The Morgan fingerprint density at radius 1 is 0.800 bits per heavy atom. The fraction of sp³-hybridized carbons (Fsp3) is 1.00. The summed E-state index contributed by atoms with van der Waals surface area (Å²) in [6, 6.07) is 0. The van der Waals surface area contributed by atoms with Gasteiger partial charge in [0.05, 0.1) is 12.2 Å². The second-order valence-corrected chi connectivity index (χ2v) is 6.72. The topological polar surface area (TPSA) is 21.8 Å². The van der Waals surface area contributed by atoms with E-state index in [1.807, 2.05) is 13.8 Å². The van der Waals surface area contributed by atoms with E-state index in [0.717, 1.165) is 31.0 Å². The number of fused-ring (bicyclic) bond motifs is 1. The number of hydrogen-bond donors (Lipinski definition) is 0. The molecule has 0 bridgehead atoms. The van der Waals surface area contributed by atoms with Gasteiger partial charge in [-0.3, -0.25) is 0 Å². The summed E-state index contributed by atoms with van der Waals surface area (Å²) in [6.07, 6.45) is 12.1. The summed E-state index contributed by atoms with van der Waals surface area (Å²) in [5.74, 6) is 2.63. The van der Waals surface area contributed by atoms with Crippen LogP contribution in [0.2, 0.25) is 0 Å². The van der Waals surface area contributed by atoms with Crippen molar-refractivity contribution in [2.24, 2.45) is 17.8 Å². The van der Waals surface area contributed by atoms with Crippen LogP contribution in [-0.2, 0) is 9.47 Å². The zero-order valence-corrected chi connectivity index (χ0v) is 13.8. The monoisotopic (exact) mass is 282 g/mol. The average molecular weight is 282 g/mol. The van der Waals surface area contributed by atoms with Gasteiger partial charge in [0.2, 0.25) is 0 Å². The first-order valence-corrected chi connectivity index (χ1v) is 9.08. The predicted molar refractivity (Wildman–Crippen MR) is 83.9 cm³/mol. The molecule has 0 spiro atoms. The van der Waals surface area contributed by atoms with Gasteiger partial charge in [-0.1, -0.05) is 40.0 Å². The molecule has 1 heterocycles. The quantitative estimate of drug-likeness (QED) is 0.675. The van der Waals surface area contributed by atoms with Crippen molar-refractivity contribution in [3.05, 3.63) is 0 Å². The van der Waals surface area contributed by atoms with Crippen LogP contribution in [0.3, 0.4) is 0 Å². The van der Waals surface area contributed by atoms with E-state index < -0.39 is 0 Å². The summed E-state index contributed by atoms with van der Waals surface area (Å²) in [5, 5.41) is 0. The van der Waals surface area contributed by atoms with E-state index in [4.69, 9.17) is 9.47 Å². The van der Waals surface area contributed by atoms with E-state index in [1.54, 1.807) is 0 Å².